The summed E-state index contributed by atoms with van der Waals surface area (Å²) in [7, 11) is 0. The molecule has 0 bridgehead atoms. The molecule has 1 atom stereocenters. The molecule has 1 aromatic heterocycles. The van der Waals surface area contributed by atoms with Gasteiger partial charge in [-0.05, 0) is 30.5 Å². The average molecular weight is 334 g/mol. The molecule has 1 fully saturated rings. The predicted octanol–water partition coefficient (Wildman–Crippen LogP) is 2.42. The first-order valence-corrected chi connectivity index (χ1v) is 8.32. The number of nitrogens with zero attached hydrogens (tertiary/aromatic N) is 2. The topological polar surface area (TPSA) is 85.4 Å². The van der Waals surface area contributed by atoms with Crippen LogP contribution >= 0.6 is 11.3 Å². The number of hydrogen-bond acceptors (Lipinski definition) is 6. The van der Waals surface area contributed by atoms with Gasteiger partial charge < -0.3 is 14.8 Å². The summed E-state index contributed by atoms with van der Waals surface area (Å²) in [4.78, 5) is 11.7. The molecule has 0 saturated carbocycles. The Morgan fingerprint density at radius 3 is 2.96 bits per heavy atom. The number of ether oxygens (including phenoxy) is 2. The molecule has 0 unspecified atom stereocenters. The molecule has 7 nitrogen and oxygen atoms in total. The summed E-state index contributed by atoms with van der Waals surface area (Å²) in [5.74, 6) is 0.808. The quantitative estimate of drug-likeness (QED) is 0.847. The fourth-order valence-electron chi connectivity index (χ4n) is 2.22. The molecule has 2 aromatic rings. The average Bonchev–Trinajstić information content (AvgIpc) is 3.25. The van der Waals surface area contributed by atoms with E-state index in [-0.39, 0.29) is 12.1 Å². The van der Waals surface area contributed by atoms with Crippen molar-refractivity contribution in [1.82, 2.24) is 15.5 Å². The van der Waals surface area contributed by atoms with Gasteiger partial charge in [0.05, 0.1) is 6.10 Å². The van der Waals surface area contributed by atoms with Crippen molar-refractivity contribution in [3.05, 3.63) is 35.3 Å². The van der Waals surface area contributed by atoms with Crippen LogP contribution in [0.15, 0.2) is 29.8 Å². The number of carbonyl (C=O) groups is 1. The summed E-state index contributed by atoms with van der Waals surface area (Å²) >= 11 is 1.27. The van der Waals surface area contributed by atoms with Gasteiger partial charge in [-0.1, -0.05) is 23.5 Å². The molecule has 0 aliphatic carbocycles. The van der Waals surface area contributed by atoms with Crippen molar-refractivity contribution in [1.29, 1.82) is 0 Å². The van der Waals surface area contributed by atoms with E-state index in [0.29, 0.717) is 18.3 Å². The van der Waals surface area contributed by atoms with Crippen LogP contribution in [-0.2, 0) is 11.3 Å². The molecule has 122 valence electrons. The molecular formula is C15H18N4O3S. The van der Waals surface area contributed by atoms with Gasteiger partial charge >= 0.3 is 6.03 Å². The van der Waals surface area contributed by atoms with Gasteiger partial charge in [0, 0.05) is 13.2 Å². The predicted molar refractivity (Wildman–Crippen MR) is 86.7 cm³/mol. The third kappa shape index (κ3) is 4.90. The maximum absolute atomic E-state index is 11.7. The third-order valence-electron chi connectivity index (χ3n) is 3.42. The largest absolute Gasteiger partial charge is 0.491 e. The van der Waals surface area contributed by atoms with E-state index in [0.717, 1.165) is 30.8 Å². The number of hydrogen-bond donors (Lipinski definition) is 2. The maximum atomic E-state index is 11.7. The van der Waals surface area contributed by atoms with Crippen LogP contribution in [0, 0.1) is 0 Å². The van der Waals surface area contributed by atoms with E-state index >= 15 is 0 Å². The number of benzene rings is 1. The second-order valence-electron chi connectivity index (χ2n) is 5.14. The number of aromatic nitrogens is 2. The van der Waals surface area contributed by atoms with Crippen molar-refractivity contribution in [3.8, 4) is 5.75 Å². The minimum Gasteiger partial charge on any atom is -0.491 e. The zero-order valence-corrected chi connectivity index (χ0v) is 13.3. The Kier molecular flexibility index (Phi) is 5.38. The summed E-state index contributed by atoms with van der Waals surface area (Å²) in [5, 5.41) is 13.2. The van der Waals surface area contributed by atoms with Crippen LogP contribution < -0.4 is 15.4 Å². The van der Waals surface area contributed by atoms with Gasteiger partial charge in [-0.15, -0.1) is 10.2 Å². The number of amides is 2. The van der Waals surface area contributed by atoms with E-state index in [1.807, 2.05) is 24.3 Å². The van der Waals surface area contributed by atoms with Gasteiger partial charge in [0.2, 0.25) is 5.13 Å². The van der Waals surface area contributed by atoms with Crippen molar-refractivity contribution >= 4 is 22.5 Å². The van der Waals surface area contributed by atoms with Crippen LogP contribution in [-0.4, -0.2) is 35.5 Å². The van der Waals surface area contributed by atoms with Gasteiger partial charge in [-0.2, -0.15) is 0 Å². The molecule has 1 aliphatic heterocycles. The molecular weight excluding hydrogens is 316 g/mol. The van der Waals surface area contributed by atoms with Crippen LogP contribution in [0.5, 0.6) is 5.75 Å². The summed E-state index contributed by atoms with van der Waals surface area (Å²) < 4.78 is 11.2. The molecule has 2 N–H and O–H groups in total. The lowest BCUT2D eigenvalue weighted by molar-refractivity contribution is 0.0679. The summed E-state index contributed by atoms with van der Waals surface area (Å²) in [6.07, 6.45) is 2.38. The molecule has 1 saturated heterocycles. The van der Waals surface area contributed by atoms with Crippen LogP contribution in [0.4, 0.5) is 9.93 Å². The van der Waals surface area contributed by atoms with Gasteiger partial charge in [0.1, 0.15) is 17.9 Å². The van der Waals surface area contributed by atoms with E-state index in [4.69, 9.17) is 9.47 Å². The number of urea groups is 1. The Balaban J connectivity index is 1.41. The molecule has 1 aromatic carbocycles. The van der Waals surface area contributed by atoms with E-state index in [9.17, 15) is 4.79 Å². The van der Waals surface area contributed by atoms with Crippen LogP contribution in [0.25, 0.3) is 0 Å². The maximum Gasteiger partial charge on any atom is 0.321 e. The Morgan fingerprint density at radius 2 is 2.26 bits per heavy atom. The first-order chi connectivity index (χ1) is 11.3. The minimum absolute atomic E-state index is 0.209. The van der Waals surface area contributed by atoms with Crippen molar-refractivity contribution in [2.24, 2.45) is 0 Å². The summed E-state index contributed by atoms with van der Waals surface area (Å²) in [6.45, 7) is 1.84. The molecule has 2 heterocycles. The molecule has 0 radical (unpaired) electrons. The second-order valence-corrected chi connectivity index (χ2v) is 5.97. The highest BCUT2D eigenvalue weighted by molar-refractivity contribution is 7.13. The third-order valence-corrected chi connectivity index (χ3v) is 4.02. The standard InChI is InChI=1S/C15H18N4O3S/c20-14(18-15-19-17-10-23-15)16-8-11-3-5-12(6-4-11)22-9-13-2-1-7-21-13/h3-6,10,13H,1-2,7-9H2,(H2,16,18,19,20)/t13-/m0/s1. The zero-order chi connectivity index (χ0) is 15.9. The van der Waals surface area contributed by atoms with E-state index in [2.05, 4.69) is 20.8 Å². The van der Waals surface area contributed by atoms with E-state index in [1.165, 1.54) is 11.3 Å². The van der Waals surface area contributed by atoms with Crippen molar-refractivity contribution in [2.45, 2.75) is 25.5 Å². The van der Waals surface area contributed by atoms with Crippen molar-refractivity contribution in [2.75, 3.05) is 18.5 Å². The lowest BCUT2D eigenvalue weighted by Crippen LogP contribution is -2.28. The number of nitrogens with one attached hydrogen (secondary N) is 2. The Bertz CT molecular complexity index is 612. The van der Waals surface area contributed by atoms with Crippen molar-refractivity contribution in [3.63, 3.8) is 0 Å². The van der Waals surface area contributed by atoms with Crippen LogP contribution in [0.3, 0.4) is 0 Å². The normalized spacial score (nSPS) is 17.0. The van der Waals surface area contributed by atoms with E-state index in [1.54, 1.807) is 5.51 Å². The lowest BCUT2D eigenvalue weighted by atomic mass is 10.2. The SMILES string of the molecule is O=C(NCc1ccc(OC[C@@H]2CCCO2)cc1)Nc1nncs1. The van der Waals surface area contributed by atoms with Crippen LogP contribution in [0.1, 0.15) is 18.4 Å². The molecule has 0 spiro atoms. The number of rotatable bonds is 6. The fraction of sp³-hybridized carbons (Fsp3) is 0.400. The van der Waals surface area contributed by atoms with Crippen molar-refractivity contribution < 1.29 is 14.3 Å². The molecule has 2 amide bonds. The molecule has 1 aliphatic rings. The Morgan fingerprint density at radius 1 is 1.39 bits per heavy atom. The smallest absolute Gasteiger partial charge is 0.321 e. The minimum atomic E-state index is -0.305. The number of carbonyl (C=O) groups excluding carboxylic acids is 1. The fourth-order valence-corrected chi connectivity index (χ4v) is 2.66. The van der Waals surface area contributed by atoms with Gasteiger partial charge in [0.15, 0.2) is 0 Å². The summed E-state index contributed by atoms with van der Waals surface area (Å²) in [6, 6.07) is 7.34. The number of anilines is 1. The van der Waals surface area contributed by atoms with Gasteiger partial charge in [0.25, 0.3) is 0 Å². The molecule has 23 heavy (non-hydrogen) atoms. The van der Waals surface area contributed by atoms with E-state index < -0.39 is 0 Å². The highest BCUT2D eigenvalue weighted by atomic mass is 32.1. The highest BCUT2D eigenvalue weighted by Crippen LogP contribution is 2.16. The van der Waals surface area contributed by atoms with Gasteiger partial charge in [-0.3, -0.25) is 5.32 Å². The first-order valence-electron chi connectivity index (χ1n) is 7.44. The zero-order valence-electron chi connectivity index (χ0n) is 12.5. The highest BCUT2D eigenvalue weighted by Gasteiger charge is 2.15. The monoisotopic (exact) mass is 334 g/mol. The Labute approximate surface area is 138 Å². The second kappa shape index (κ2) is 7.89. The molecule has 3 rings (SSSR count). The summed E-state index contributed by atoms with van der Waals surface area (Å²) in [5.41, 5.74) is 2.55. The molecule has 8 heteroatoms. The first kappa shape index (κ1) is 15.7. The Hall–Kier alpha value is -2.19. The van der Waals surface area contributed by atoms with Crippen LogP contribution in [0.2, 0.25) is 0 Å². The van der Waals surface area contributed by atoms with Gasteiger partial charge in [-0.25, -0.2) is 4.79 Å². The lowest BCUT2D eigenvalue weighted by Gasteiger charge is -2.12.